The zero-order chi connectivity index (χ0) is 15.7. The fourth-order valence-corrected chi connectivity index (χ4v) is 3.93. The monoisotopic (exact) mass is 315 g/mol. The number of hydrogen-bond donors (Lipinski definition) is 2. The fraction of sp³-hybridized carbons (Fsp3) is 0.500. The van der Waals surface area contributed by atoms with E-state index in [9.17, 15) is 22.7 Å². The maximum absolute atomic E-state index is 13.7. The number of rotatable bonds is 5. The summed E-state index contributed by atoms with van der Waals surface area (Å²) in [6, 6.07) is 3.80. The summed E-state index contributed by atoms with van der Waals surface area (Å²) in [5.41, 5.74) is -0.460. The van der Waals surface area contributed by atoms with Crippen LogP contribution in [-0.2, 0) is 14.8 Å². The molecule has 0 unspecified atom stereocenters. The minimum Gasteiger partial charge on any atom is -0.481 e. The van der Waals surface area contributed by atoms with Crippen LogP contribution in [0.25, 0.3) is 0 Å². The number of nitrogens with one attached hydrogen (secondary N) is 1. The second kappa shape index (κ2) is 5.73. The number of sulfonamides is 1. The molecule has 0 saturated heterocycles. The van der Waals surface area contributed by atoms with Crippen LogP contribution in [0.4, 0.5) is 4.39 Å². The van der Waals surface area contributed by atoms with Gasteiger partial charge < -0.3 is 5.11 Å². The van der Waals surface area contributed by atoms with Gasteiger partial charge in [0.25, 0.3) is 0 Å². The zero-order valence-corrected chi connectivity index (χ0v) is 12.5. The molecule has 0 aliphatic heterocycles. The molecule has 1 aromatic carbocycles. The van der Waals surface area contributed by atoms with Crippen molar-refractivity contribution < 1.29 is 22.7 Å². The molecule has 5 nitrogen and oxygen atoms in total. The van der Waals surface area contributed by atoms with Gasteiger partial charge in [-0.05, 0) is 37.5 Å². The Bertz CT molecular complexity index is 651. The van der Waals surface area contributed by atoms with E-state index in [1.165, 1.54) is 12.1 Å². The number of carbonyl (C=O) groups is 1. The topological polar surface area (TPSA) is 83.5 Å². The number of aryl methyl sites for hydroxylation is 1. The lowest BCUT2D eigenvalue weighted by Gasteiger charge is -2.24. The summed E-state index contributed by atoms with van der Waals surface area (Å²) in [6.07, 6.45) is 2.38. The van der Waals surface area contributed by atoms with Crippen molar-refractivity contribution in [2.75, 3.05) is 6.54 Å². The van der Waals surface area contributed by atoms with Gasteiger partial charge in [-0.25, -0.2) is 17.5 Å². The Labute approximate surface area is 123 Å². The Morgan fingerprint density at radius 2 is 2.00 bits per heavy atom. The first kappa shape index (κ1) is 15.9. The Hall–Kier alpha value is -1.47. The lowest BCUT2D eigenvalue weighted by atomic mass is 9.87. The maximum Gasteiger partial charge on any atom is 0.310 e. The van der Waals surface area contributed by atoms with Gasteiger partial charge in [0.2, 0.25) is 10.0 Å². The summed E-state index contributed by atoms with van der Waals surface area (Å²) in [5.74, 6) is -1.85. The van der Waals surface area contributed by atoms with Gasteiger partial charge in [0.1, 0.15) is 10.7 Å². The van der Waals surface area contributed by atoms with Crippen LogP contribution >= 0.6 is 0 Å². The number of hydrogen-bond acceptors (Lipinski definition) is 3. The SMILES string of the molecule is Cc1ccc(F)c(S(=O)(=O)NCC2(C(=O)O)CCCC2)c1. The highest BCUT2D eigenvalue weighted by molar-refractivity contribution is 7.89. The molecule has 116 valence electrons. The molecule has 1 fully saturated rings. The smallest absolute Gasteiger partial charge is 0.310 e. The summed E-state index contributed by atoms with van der Waals surface area (Å²) in [6.45, 7) is 1.45. The highest BCUT2D eigenvalue weighted by atomic mass is 32.2. The molecule has 1 aromatic rings. The van der Waals surface area contributed by atoms with Crippen LogP contribution < -0.4 is 4.72 Å². The molecule has 1 aliphatic carbocycles. The Kier molecular flexibility index (Phi) is 4.34. The van der Waals surface area contributed by atoms with Crippen molar-refractivity contribution in [1.29, 1.82) is 0 Å². The molecule has 1 aliphatic rings. The Morgan fingerprint density at radius 1 is 1.38 bits per heavy atom. The van der Waals surface area contributed by atoms with Crippen molar-refractivity contribution in [2.45, 2.75) is 37.5 Å². The average Bonchev–Trinajstić information content (AvgIpc) is 2.89. The van der Waals surface area contributed by atoms with E-state index in [4.69, 9.17) is 0 Å². The molecule has 0 bridgehead atoms. The van der Waals surface area contributed by atoms with Crippen molar-refractivity contribution in [2.24, 2.45) is 5.41 Å². The molecule has 7 heteroatoms. The maximum atomic E-state index is 13.7. The predicted molar refractivity (Wildman–Crippen MR) is 74.9 cm³/mol. The minimum absolute atomic E-state index is 0.210. The van der Waals surface area contributed by atoms with Gasteiger partial charge in [0, 0.05) is 6.54 Å². The molecule has 0 radical (unpaired) electrons. The van der Waals surface area contributed by atoms with Crippen LogP contribution in [0.15, 0.2) is 23.1 Å². The van der Waals surface area contributed by atoms with Crippen LogP contribution in [0, 0.1) is 18.2 Å². The molecular formula is C14H18FNO4S. The molecule has 21 heavy (non-hydrogen) atoms. The van der Waals surface area contributed by atoms with Gasteiger partial charge in [0.15, 0.2) is 0 Å². The number of halogens is 1. The third-order valence-corrected chi connectivity index (χ3v) is 5.41. The number of carboxylic acid groups (broad SMARTS) is 1. The van der Waals surface area contributed by atoms with Crippen molar-refractivity contribution in [3.8, 4) is 0 Å². The first-order valence-electron chi connectivity index (χ1n) is 6.76. The zero-order valence-electron chi connectivity index (χ0n) is 11.7. The molecule has 2 N–H and O–H groups in total. The molecule has 0 aromatic heterocycles. The highest BCUT2D eigenvalue weighted by Gasteiger charge is 2.42. The highest BCUT2D eigenvalue weighted by Crippen LogP contribution is 2.38. The summed E-state index contributed by atoms with van der Waals surface area (Å²) >= 11 is 0. The van der Waals surface area contributed by atoms with E-state index in [-0.39, 0.29) is 6.54 Å². The predicted octanol–water partition coefficient (Wildman–Crippen LogP) is 2.06. The molecule has 0 amide bonds. The molecule has 0 heterocycles. The van der Waals surface area contributed by atoms with E-state index < -0.39 is 32.1 Å². The van der Waals surface area contributed by atoms with Crippen LogP contribution in [0.3, 0.4) is 0 Å². The summed E-state index contributed by atoms with van der Waals surface area (Å²) in [7, 11) is -4.06. The van der Waals surface area contributed by atoms with Crippen molar-refractivity contribution in [3.05, 3.63) is 29.6 Å². The van der Waals surface area contributed by atoms with Crippen LogP contribution in [0.1, 0.15) is 31.2 Å². The second-order valence-corrected chi connectivity index (χ2v) is 7.29. The second-order valence-electron chi connectivity index (χ2n) is 5.55. The van der Waals surface area contributed by atoms with E-state index >= 15 is 0 Å². The van der Waals surface area contributed by atoms with Crippen molar-refractivity contribution >= 4 is 16.0 Å². The number of carboxylic acids is 1. The van der Waals surface area contributed by atoms with Gasteiger partial charge >= 0.3 is 5.97 Å². The normalized spacial score (nSPS) is 17.8. The molecule has 0 spiro atoms. The van der Waals surface area contributed by atoms with Crippen molar-refractivity contribution in [1.82, 2.24) is 4.72 Å². The third-order valence-electron chi connectivity index (χ3n) is 3.99. The van der Waals surface area contributed by atoms with Gasteiger partial charge in [-0.15, -0.1) is 0 Å². The molecular weight excluding hydrogens is 297 g/mol. The summed E-state index contributed by atoms with van der Waals surface area (Å²) < 4.78 is 40.3. The lowest BCUT2D eigenvalue weighted by Crippen LogP contribution is -2.41. The van der Waals surface area contributed by atoms with E-state index in [1.54, 1.807) is 6.92 Å². The van der Waals surface area contributed by atoms with Crippen LogP contribution in [-0.4, -0.2) is 26.0 Å². The first-order chi connectivity index (χ1) is 9.77. The lowest BCUT2D eigenvalue weighted by molar-refractivity contribution is -0.148. The van der Waals surface area contributed by atoms with Crippen LogP contribution in [0.2, 0.25) is 0 Å². The van der Waals surface area contributed by atoms with Crippen LogP contribution in [0.5, 0.6) is 0 Å². The van der Waals surface area contributed by atoms with E-state index in [0.29, 0.717) is 18.4 Å². The first-order valence-corrected chi connectivity index (χ1v) is 8.24. The minimum atomic E-state index is -4.06. The van der Waals surface area contributed by atoms with Gasteiger partial charge in [-0.3, -0.25) is 4.79 Å². The van der Waals surface area contributed by atoms with E-state index in [1.807, 2.05) is 0 Å². The van der Waals surface area contributed by atoms with E-state index in [0.717, 1.165) is 18.9 Å². The average molecular weight is 315 g/mol. The largest absolute Gasteiger partial charge is 0.481 e. The quantitative estimate of drug-likeness (QED) is 0.871. The number of benzene rings is 1. The standard InChI is InChI=1S/C14H18FNO4S/c1-10-4-5-11(15)12(8-10)21(19,20)16-9-14(13(17)18)6-2-3-7-14/h4-5,8,16H,2-3,6-7,9H2,1H3,(H,17,18). The third kappa shape index (κ3) is 3.24. The number of aliphatic carboxylic acids is 1. The fourth-order valence-electron chi connectivity index (χ4n) is 2.65. The van der Waals surface area contributed by atoms with Crippen molar-refractivity contribution in [3.63, 3.8) is 0 Å². The molecule has 2 rings (SSSR count). The van der Waals surface area contributed by atoms with E-state index in [2.05, 4.69) is 4.72 Å². The Morgan fingerprint density at radius 3 is 2.57 bits per heavy atom. The summed E-state index contributed by atoms with van der Waals surface area (Å²) in [4.78, 5) is 10.9. The van der Waals surface area contributed by atoms with Gasteiger partial charge in [0.05, 0.1) is 5.41 Å². The van der Waals surface area contributed by atoms with Gasteiger partial charge in [-0.1, -0.05) is 18.9 Å². The molecule has 0 atom stereocenters. The molecule has 1 saturated carbocycles. The summed E-state index contributed by atoms with van der Waals surface area (Å²) in [5, 5.41) is 9.32. The Balaban J connectivity index is 2.22. The van der Waals surface area contributed by atoms with Gasteiger partial charge in [-0.2, -0.15) is 0 Å².